The van der Waals surface area contributed by atoms with Crippen LogP contribution in [0.25, 0.3) is 9.69 Å². The molecule has 3 aromatic carbocycles. The number of rotatable bonds is 49. The quantitative estimate of drug-likeness (QED) is 0.00944. The van der Waals surface area contributed by atoms with E-state index in [0.717, 1.165) is 77.5 Å². The van der Waals surface area contributed by atoms with E-state index in [4.69, 9.17) is 74.7 Å². The highest BCUT2D eigenvalue weighted by molar-refractivity contribution is 7.20. The van der Waals surface area contributed by atoms with Crippen molar-refractivity contribution in [2.75, 3.05) is 195 Å². The number of thiophene rings is 2. The molecule has 0 saturated carbocycles. The van der Waals surface area contributed by atoms with E-state index in [1.807, 2.05) is 50.2 Å². The summed E-state index contributed by atoms with van der Waals surface area (Å²) in [6, 6.07) is 18.0. The van der Waals surface area contributed by atoms with Gasteiger partial charge in [0.2, 0.25) is 10.0 Å². The molecule has 0 bridgehead atoms. The smallest absolute Gasteiger partial charge is 0.339 e. The van der Waals surface area contributed by atoms with Crippen LogP contribution in [0.5, 0.6) is 0 Å². The number of ketones is 1. The van der Waals surface area contributed by atoms with Gasteiger partial charge in [0.05, 0.1) is 192 Å². The number of benzene rings is 3. The largest absolute Gasteiger partial charge is 0.465 e. The second-order valence-electron chi connectivity index (χ2n) is 20.8. The van der Waals surface area contributed by atoms with E-state index < -0.39 is 30.3 Å². The molecule has 2 heterocycles. The van der Waals surface area contributed by atoms with Gasteiger partial charge < -0.3 is 76.5 Å². The van der Waals surface area contributed by atoms with E-state index >= 15 is 0 Å². The molecule has 0 aliphatic rings. The summed E-state index contributed by atoms with van der Waals surface area (Å²) < 4.78 is 71.5. The molecule has 2 aromatic heterocycles. The lowest BCUT2D eigenvalue weighted by molar-refractivity contribution is -0.0149. The number of hydrogen-bond donors (Lipinski definition) is 1. The van der Waals surface area contributed by atoms with Crippen LogP contribution in [0.15, 0.2) is 69.0 Å². The fourth-order valence-electron chi connectivity index (χ4n) is 9.01. The Kier molecular flexibility index (Phi) is 37.5. The molecule has 526 valence electrons. The van der Waals surface area contributed by atoms with E-state index in [9.17, 15) is 34.8 Å². The molecule has 0 aliphatic carbocycles. The zero-order chi connectivity index (χ0) is 70.9. The normalized spacial score (nSPS) is 11.2. The van der Waals surface area contributed by atoms with Gasteiger partial charge in [0.25, 0.3) is 0 Å². The third-order valence-corrected chi connectivity index (χ3v) is 16.5. The van der Waals surface area contributed by atoms with Crippen LogP contribution in [0.3, 0.4) is 0 Å². The van der Waals surface area contributed by atoms with E-state index in [1.165, 1.54) is 0 Å². The van der Waals surface area contributed by atoms with Crippen molar-refractivity contribution in [3.05, 3.63) is 127 Å². The number of hydrogen-bond acceptors (Lipinski definition) is 28. The second-order valence-corrected chi connectivity index (χ2v) is 22.7. The number of azo groups is 2. The van der Waals surface area contributed by atoms with Gasteiger partial charge in [-0.1, -0.05) is 0 Å². The highest BCUT2D eigenvalue weighted by Gasteiger charge is 2.28. The summed E-state index contributed by atoms with van der Waals surface area (Å²) in [5, 5.41) is 47.7. The second kappa shape index (κ2) is 45.9. The summed E-state index contributed by atoms with van der Waals surface area (Å²) in [6.45, 7) is 33.6. The number of Topliss-reactive ketones (excluding diaryl/α,β-unsaturated/α-hetero) is 1. The number of nitriles is 2. The van der Waals surface area contributed by atoms with Gasteiger partial charge in [-0.05, 0) is 112 Å². The average molecular weight is 1390 g/mol. The zero-order valence-electron chi connectivity index (χ0n) is 56.4. The van der Waals surface area contributed by atoms with Crippen molar-refractivity contribution >= 4 is 89.1 Å². The van der Waals surface area contributed by atoms with Crippen molar-refractivity contribution in [1.29, 1.82) is 10.5 Å². The van der Waals surface area contributed by atoms with Crippen molar-refractivity contribution in [3.63, 3.8) is 0 Å². The molecular formula is C68H84N10O18S2. The summed E-state index contributed by atoms with van der Waals surface area (Å²) in [5.74, 6) is -3.94. The molecule has 30 heteroatoms. The summed E-state index contributed by atoms with van der Waals surface area (Å²) >= 11 is 2.31. The molecule has 0 spiro atoms. The molecule has 5 aromatic rings. The van der Waals surface area contributed by atoms with E-state index in [2.05, 4.69) is 65.9 Å². The number of anilines is 2. The number of ether oxygens (including phenoxy) is 13. The van der Waals surface area contributed by atoms with Gasteiger partial charge in [0.15, 0.2) is 5.78 Å². The Morgan fingerprint density at radius 3 is 1.09 bits per heavy atom. The van der Waals surface area contributed by atoms with Crippen molar-refractivity contribution in [2.24, 2.45) is 20.5 Å². The molecule has 28 nitrogen and oxygen atoms in total. The van der Waals surface area contributed by atoms with Gasteiger partial charge >= 0.3 is 17.9 Å². The first-order chi connectivity index (χ1) is 47.7. The number of aryl methyl sites for hydroxylation is 2. The van der Waals surface area contributed by atoms with Crippen LogP contribution < -0.4 is 9.80 Å². The van der Waals surface area contributed by atoms with Gasteiger partial charge in [-0.25, -0.2) is 24.1 Å². The Labute approximate surface area is 579 Å². The highest BCUT2D eigenvalue weighted by atomic mass is 32.1. The van der Waals surface area contributed by atoms with Gasteiger partial charge in [-0.15, -0.1) is 43.1 Å². The first-order valence-corrected chi connectivity index (χ1v) is 33.2. The molecule has 0 aliphatic heterocycles. The predicted octanol–water partition coefficient (Wildman–Crippen LogP) is 11.2. The fourth-order valence-corrected chi connectivity index (χ4v) is 10.7. The van der Waals surface area contributed by atoms with Gasteiger partial charge in [0.1, 0.15) is 42.0 Å². The lowest BCUT2D eigenvalue weighted by atomic mass is 9.95. The third kappa shape index (κ3) is 26.4. The number of esters is 3. The average Bonchev–Trinajstić information content (AvgIpc) is 1.09. The Bertz CT molecular complexity index is 3380. The van der Waals surface area contributed by atoms with Crippen LogP contribution >= 0.6 is 22.7 Å². The number of aliphatic hydroxyl groups is 1. The van der Waals surface area contributed by atoms with E-state index in [-0.39, 0.29) is 75.1 Å². The minimum atomic E-state index is -1.02. The number of carbonyl (C=O) groups excluding carboxylic acids is 4. The molecule has 0 atom stereocenters. The summed E-state index contributed by atoms with van der Waals surface area (Å²) in [7, 11) is 1.07. The van der Waals surface area contributed by atoms with Crippen LogP contribution in [0.2, 0.25) is 0 Å². The monoisotopic (exact) mass is 1390 g/mol. The molecule has 1 N–H and O–H groups in total. The van der Waals surface area contributed by atoms with Gasteiger partial charge in [0, 0.05) is 43.1 Å². The molecule has 0 saturated heterocycles. The van der Waals surface area contributed by atoms with E-state index in [1.54, 1.807) is 13.8 Å². The standard InChI is InChI=1S/C68H84N10O18S2/c1-10-77(51-12-14-59(47(3)40-51)73-75-64-57(44-69)49(5)62(71-7)97-64)16-18-85-20-22-87-24-26-89-28-30-91-32-34-93-36-38-95-67(82)54-43-55(66(81)84-9)56(42-53(54)61(80)46-79)68(83)96-39-37-94-35-33-92-31-29-90-27-25-88-23-21-86-19-17-78(11-2)52-13-15-60(48(4)41-52)74-76-65-58(45-70)50(6)63(72-8)98-65/h12-15,40-43,79H,10-11,16-39,46H2,1-6,9H3. The van der Waals surface area contributed by atoms with Crippen LogP contribution in [-0.2, 0) is 61.6 Å². The predicted molar refractivity (Wildman–Crippen MR) is 365 cm³/mol. The van der Waals surface area contributed by atoms with Gasteiger partial charge in [-0.2, -0.15) is 10.5 Å². The van der Waals surface area contributed by atoms with Crippen LogP contribution in [-0.4, -0.2) is 214 Å². The first-order valence-electron chi connectivity index (χ1n) is 31.6. The highest BCUT2D eigenvalue weighted by Crippen LogP contribution is 2.43. The van der Waals surface area contributed by atoms with Crippen LogP contribution in [0, 0.1) is 63.5 Å². The van der Waals surface area contributed by atoms with Crippen LogP contribution in [0.4, 0.5) is 42.8 Å². The Hall–Kier alpha value is -8.54. The Morgan fingerprint density at radius 2 is 0.786 bits per heavy atom. The molecule has 0 unspecified atom stereocenters. The van der Waals surface area contributed by atoms with Gasteiger partial charge in [-0.3, -0.25) is 4.79 Å². The number of methoxy groups -OCH3 is 1. The topological polar surface area (TPSA) is 321 Å². The number of carbonyl (C=O) groups is 4. The minimum absolute atomic E-state index is 0.0306. The lowest BCUT2D eigenvalue weighted by Crippen LogP contribution is -2.27. The molecule has 0 radical (unpaired) electrons. The SMILES string of the molecule is [C-]#[N+]c1sc(N=Nc2ccc(N(CC)CCOCCOCCOCCOCCOCCOC(=O)c3cc(C(=O)OC)c(C(=O)OCCOCCOCCOCCOCCOCCN(CC)c4ccc(N=Nc5sc([N+]#[C-])c(C)c5C#N)c(C)c4)cc3C(=O)CO)cc2C)c(C#N)c1C. The number of likely N-dealkylation sites (N-methyl/N-ethyl adjacent to an activating group) is 2. The maximum Gasteiger partial charge on any atom is 0.339 e. The molecular weight excluding hydrogens is 1310 g/mol. The number of nitrogens with zero attached hydrogens (tertiary/aromatic N) is 10. The fraction of sp³-hybridized carbons (Fsp3) is 0.500. The molecule has 5 rings (SSSR count). The van der Waals surface area contributed by atoms with Crippen molar-refractivity contribution < 1.29 is 85.9 Å². The Morgan fingerprint density at radius 1 is 0.469 bits per heavy atom. The zero-order valence-corrected chi connectivity index (χ0v) is 58.0. The summed E-state index contributed by atoms with van der Waals surface area (Å²) in [6.07, 6.45) is 0. The maximum atomic E-state index is 13.2. The Balaban J connectivity index is 0.843. The summed E-state index contributed by atoms with van der Waals surface area (Å²) in [5.41, 5.74) is 5.69. The first kappa shape index (κ1) is 80.1. The maximum absolute atomic E-state index is 13.2. The summed E-state index contributed by atoms with van der Waals surface area (Å²) in [4.78, 5) is 63.4. The van der Waals surface area contributed by atoms with Crippen molar-refractivity contribution in [3.8, 4) is 12.1 Å². The van der Waals surface area contributed by atoms with Crippen molar-refractivity contribution in [2.45, 2.75) is 41.5 Å². The van der Waals surface area contributed by atoms with E-state index in [0.29, 0.717) is 159 Å². The van der Waals surface area contributed by atoms with Crippen molar-refractivity contribution in [1.82, 2.24) is 0 Å². The third-order valence-electron chi connectivity index (χ3n) is 14.3. The van der Waals surface area contributed by atoms with Crippen LogP contribution in [0.1, 0.15) is 88.7 Å². The number of aliphatic hydroxyl groups excluding tert-OH is 1. The lowest BCUT2D eigenvalue weighted by Gasteiger charge is -2.23. The molecule has 0 fully saturated rings. The molecule has 98 heavy (non-hydrogen) atoms. The molecule has 0 amide bonds. The minimum Gasteiger partial charge on any atom is -0.465 e.